The maximum atomic E-state index is 12.8. The van der Waals surface area contributed by atoms with Crippen molar-refractivity contribution in [2.45, 2.75) is 19.4 Å². The van der Waals surface area contributed by atoms with E-state index in [9.17, 15) is 9.59 Å². The molecule has 0 aliphatic carbocycles. The van der Waals surface area contributed by atoms with E-state index < -0.39 is 11.9 Å². The lowest BCUT2D eigenvalue weighted by atomic mass is 10.0. The van der Waals surface area contributed by atoms with Crippen LogP contribution in [0.5, 0.6) is 11.5 Å². The summed E-state index contributed by atoms with van der Waals surface area (Å²) in [6.07, 6.45) is 0.0185. The van der Waals surface area contributed by atoms with Crippen LogP contribution in [0.15, 0.2) is 47.3 Å². The van der Waals surface area contributed by atoms with Gasteiger partial charge in [0.25, 0.3) is 5.56 Å². The Balaban J connectivity index is 2.14. The van der Waals surface area contributed by atoms with E-state index in [1.807, 2.05) is 31.2 Å². The van der Waals surface area contributed by atoms with Crippen molar-refractivity contribution in [1.29, 1.82) is 0 Å². The third-order valence-corrected chi connectivity index (χ3v) is 5.23. The van der Waals surface area contributed by atoms with Crippen LogP contribution in [0.25, 0.3) is 10.1 Å². The molecule has 1 amide bonds. The summed E-state index contributed by atoms with van der Waals surface area (Å²) >= 11 is 1.32. The summed E-state index contributed by atoms with van der Waals surface area (Å²) < 4.78 is 13.4. The van der Waals surface area contributed by atoms with Crippen LogP contribution in [0.1, 0.15) is 24.9 Å². The summed E-state index contributed by atoms with van der Waals surface area (Å²) in [6.45, 7) is 2.35. The average molecular weight is 372 g/mol. The smallest absolute Gasteiger partial charge is 0.269 e. The second kappa shape index (κ2) is 7.61. The van der Waals surface area contributed by atoms with Gasteiger partial charge in [0.2, 0.25) is 5.91 Å². The van der Waals surface area contributed by atoms with Crippen LogP contribution in [-0.2, 0) is 4.79 Å². The number of carbonyl (C=O) groups excluding carboxylic acids is 1. The molecule has 7 heteroatoms. The average Bonchev–Trinajstić information content (AvgIpc) is 2.97. The number of fused-ring (bicyclic) bond motifs is 1. The van der Waals surface area contributed by atoms with Gasteiger partial charge in [0, 0.05) is 0 Å². The minimum absolute atomic E-state index is 0.0185. The zero-order valence-electron chi connectivity index (χ0n) is 14.6. The SMILES string of the molecule is CCOc1cc([C@@H](CC(N)=O)n2sc3ccccc3c2=O)ccc1OC. The van der Waals surface area contributed by atoms with Gasteiger partial charge in [0.1, 0.15) is 0 Å². The Morgan fingerprint density at radius 3 is 2.65 bits per heavy atom. The van der Waals surface area contributed by atoms with Crippen LogP contribution < -0.4 is 20.8 Å². The molecule has 0 spiro atoms. The predicted octanol–water partition coefficient (Wildman–Crippen LogP) is 2.94. The van der Waals surface area contributed by atoms with E-state index in [0.29, 0.717) is 23.5 Å². The highest BCUT2D eigenvalue weighted by Crippen LogP contribution is 2.34. The molecule has 1 aromatic heterocycles. The molecule has 1 atom stereocenters. The molecule has 0 bridgehead atoms. The Hall–Kier alpha value is -2.80. The van der Waals surface area contributed by atoms with Gasteiger partial charge in [-0.15, -0.1) is 0 Å². The highest BCUT2D eigenvalue weighted by atomic mass is 32.1. The van der Waals surface area contributed by atoms with Crippen LogP contribution in [-0.4, -0.2) is 23.6 Å². The standard InChI is InChI=1S/C19H20N2O4S/c1-3-25-16-10-12(8-9-15(16)24-2)14(11-18(20)22)21-19(23)13-6-4-5-7-17(13)26-21/h4-10,14H,3,11H2,1-2H3,(H2,20,22)/t14-/m1/s1. The number of primary amides is 1. The van der Waals surface area contributed by atoms with Crippen molar-refractivity contribution >= 4 is 27.5 Å². The highest BCUT2D eigenvalue weighted by molar-refractivity contribution is 7.13. The normalized spacial score (nSPS) is 12.1. The largest absolute Gasteiger partial charge is 0.493 e. The molecule has 0 aliphatic heterocycles. The van der Waals surface area contributed by atoms with Gasteiger partial charge >= 0.3 is 0 Å². The molecule has 0 fully saturated rings. The van der Waals surface area contributed by atoms with Crippen molar-refractivity contribution in [1.82, 2.24) is 3.96 Å². The number of benzene rings is 2. The van der Waals surface area contributed by atoms with Gasteiger partial charge in [-0.1, -0.05) is 29.7 Å². The lowest BCUT2D eigenvalue weighted by molar-refractivity contribution is -0.118. The van der Waals surface area contributed by atoms with Crippen LogP contribution in [0.4, 0.5) is 0 Å². The molecule has 3 aromatic rings. The number of methoxy groups -OCH3 is 1. The molecular weight excluding hydrogens is 352 g/mol. The van der Waals surface area contributed by atoms with Crippen LogP contribution in [0.2, 0.25) is 0 Å². The number of carbonyl (C=O) groups is 1. The first-order valence-electron chi connectivity index (χ1n) is 8.24. The maximum absolute atomic E-state index is 12.8. The van der Waals surface area contributed by atoms with Gasteiger partial charge in [-0.3, -0.25) is 13.5 Å². The topological polar surface area (TPSA) is 83.5 Å². The molecule has 0 aliphatic rings. The molecule has 0 saturated carbocycles. The Labute approximate surface area is 154 Å². The van der Waals surface area contributed by atoms with E-state index in [4.69, 9.17) is 15.2 Å². The number of nitrogens with zero attached hydrogens (tertiary/aromatic N) is 1. The fraction of sp³-hybridized carbons (Fsp3) is 0.263. The number of nitrogens with two attached hydrogens (primary N) is 1. The molecule has 26 heavy (non-hydrogen) atoms. The van der Waals surface area contributed by atoms with Gasteiger partial charge in [0.05, 0.1) is 36.3 Å². The van der Waals surface area contributed by atoms with Gasteiger partial charge < -0.3 is 15.2 Å². The van der Waals surface area contributed by atoms with Crippen LogP contribution in [0, 0.1) is 0 Å². The Morgan fingerprint density at radius 2 is 2.00 bits per heavy atom. The summed E-state index contributed by atoms with van der Waals surface area (Å²) in [7, 11) is 1.56. The van der Waals surface area contributed by atoms with E-state index >= 15 is 0 Å². The zero-order valence-corrected chi connectivity index (χ0v) is 15.4. The number of hydrogen-bond acceptors (Lipinski definition) is 5. The van der Waals surface area contributed by atoms with Gasteiger partial charge in [-0.25, -0.2) is 0 Å². The number of amides is 1. The quantitative estimate of drug-likeness (QED) is 0.691. The second-order valence-corrected chi connectivity index (χ2v) is 6.76. The second-order valence-electron chi connectivity index (χ2n) is 5.75. The van der Waals surface area contributed by atoms with Crippen molar-refractivity contribution < 1.29 is 14.3 Å². The van der Waals surface area contributed by atoms with Crippen LogP contribution >= 0.6 is 11.5 Å². The molecule has 0 radical (unpaired) electrons. The zero-order chi connectivity index (χ0) is 18.7. The first-order valence-corrected chi connectivity index (χ1v) is 9.02. The third kappa shape index (κ3) is 3.43. The lowest BCUT2D eigenvalue weighted by Gasteiger charge is -2.18. The predicted molar refractivity (Wildman–Crippen MR) is 102 cm³/mol. The van der Waals surface area contributed by atoms with E-state index in [1.165, 1.54) is 11.5 Å². The van der Waals surface area contributed by atoms with Gasteiger partial charge in [-0.2, -0.15) is 0 Å². The van der Waals surface area contributed by atoms with Crippen molar-refractivity contribution in [2.24, 2.45) is 5.73 Å². The monoisotopic (exact) mass is 372 g/mol. The highest BCUT2D eigenvalue weighted by Gasteiger charge is 2.22. The molecular formula is C19H20N2O4S. The Morgan fingerprint density at radius 1 is 1.23 bits per heavy atom. The van der Waals surface area contributed by atoms with Crippen molar-refractivity contribution in [2.75, 3.05) is 13.7 Å². The van der Waals surface area contributed by atoms with Gasteiger partial charge in [-0.05, 0) is 36.8 Å². The minimum atomic E-state index is -0.498. The molecule has 6 nitrogen and oxygen atoms in total. The molecule has 0 saturated heterocycles. The lowest BCUT2D eigenvalue weighted by Crippen LogP contribution is -2.25. The van der Waals surface area contributed by atoms with Crippen LogP contribution in [0.3, 0.4) is 0 Å². The number of hydrogen-bond donors (Lipinski definition) is 1. The molecule has 0 unspecified atom stereocenters. The molecule has 3 rings (SSSR count). The fourth-order valence-corrected chi connectivity index (χ4v) is 4.00. The fourth-order valence-electron chi connectivity index (χ4n) is 2.89. The molecule has 1 heterocycles. The summed E-state index contributed by atoms with van der Waals surface area (Å²) in [5, 5.41) is 0.630. The number of ether oxygens (including phenoxy) is 2. The number of aromatic nitrogens is 1. The summed E-state index contributed by atoms with van der Waals surface area (Å²) in [5.41, 5.74) is 6.09. The molecule has 136 valence electrons. The minimum Gasteiger partial charge on any atom is -0.493 e. The Bertz CT molecular complexity index is 993. The first kappa shape index (κ1) is 18.0. The summed E-state index contributed by atoms with van der Waals surface area (Å²) in [5.74, 6) is 0.682. The maximum Gasteiger partial charge on any atom is 0.269 e. The molecule has 2 aromatic carbocycles. The molecule has 2 N–H and O–H groups in total. The summed E-state index contributed by atoms with van der Waals surface area (Å²) in [6, 6.07) is 12.3. The van der Waals surface area contributed by atoms with E-state index in [-0.39, 0.29) is 12.0 Å². The van der Waals surface area contributed by atoms with Crippen molar-refractivity contribution in [3.8, 4) is 11.5 Å². The summed E-state index contributed by atoms with van der Waals surface area (Å²) in [4.78, 5) is 24.5. The van der Waals surface area contributed by atoms with Gasteiger partial charge in [0.15, 0.2) is 11.5 Å². The van der Waals surface area contributed by atoms with E-state index in [2.05, 4.69) is 0 Å². The first-order chi connectivity index (χ1) is 12.5. The number of rotatable bonds is 7. The van der Waals surface area contributed by atoms with E-state index in [1.54, 1.807) is 29.3 Å². The van der Waals surface area contributed by atoms with Crippen molar-refractivity contribution in [3.63, 3.8) is 0 Å². The third-order valence-electron chi connectivity index (χ3n) is 4.06. The van der Waals surface area contributed by atoms with Crippen molar-refractivity contribution in [3.05, 3.63) is 58.4 Å². The van der Waals surface area contributed by atoms with E-state index in [0.717, 1.165) is 10.3 Å². The Kier molecular flexibility index (Phi) is 5.27.